The van der Waals surface area contributed by atoms with Crippen molar-refractivity contribution in [1.29, 1.82) is 0 Å². The summed E-state index contributed by atoms with van der Waals surface area (Å²) < 4.78 is 17.2. The van der Waals surface area contributed by atoms with Gasteiger partial charge in [-0.2, -0.15) is 5.10 Å². The molecule has 3 aromatic carbocycles. The van der Waals surface area contributed by atoms with Crippen LogP contribution in [0.4, 0.5) is 0 Å². The van der Waals surface area contributed by atoms with Gasteiger partial charge in [0.2, 0.25) is 0 Å². The third-order valence-electron chi connectivity index (χ3n) is 4.90. The first-order chi connectivity index (χ1) is 16.9. The van der Waals surface area contributed by atoms with Gasteiger partial charge in [-0.15, -0.1) is 11.3 Å². The number of halogens is 1. The van der Waals surface area contributed by atoms with E-state index < -0.39 is 11.9 Å². The number of aryl methyl sites for hydroxylation is 1. The van der Waals surface area contributed by atoms with Crippen molar-refractivity contribution in [3.8, 4) is 17.2 Å². The number of amides is 1. The molecule has 1 aromatic heterocycles. The number of carbonyl (C=O) groups excluding carboxylic acids is 2. The summed E-state index contributed by atoms with van der Waals surface area (Å²) in [5.41, 5.74) is 4.13. The Morgan fingerprint density at radius 2 is 1.83 bits per heavy atom. The zero-order chi connectivity index (χ0) is 24.8. The molecular weight excluding hydrogens is 488 g/mol. The summed E-state index contributed by atoms with van der Waals surface area (Å²) in [6.45, 7) is 1.80. The first kappa shape index (κ1) is 24.3. The molecule has 0 aliphatic heterocycles. The molecule has 0 bridgehead atoms. The molecule has 4 rings (SSSR count). The van der Waals surface area contributed by atoms with Gasteiger partial charge in [-0.05, 0) is 48.9 Å². The Morgan fingerprint density at radius 1 is 1.06 bits per heavy atom. The van der Waals surface area contributed by atoms with Crippen LogP contribution in [0.1, 0.15) is 20.8 Å². The molecule has 1 amide bonds. The second kappa shape index (κ2) is 11.0. The SMILES string of the molecule is COc1cc(C=NNC(=O)COc2ccc(C)cc2)ccc1OC(=O)c1sc2ccccc2c1Cl. The molecule has 0 saturated heterocycles. The molecule has 0 unspecified atom stereocenters. The lowest BCUT2D eigenvalue weighted by Gasteiger charge is -2.09. The van der Waals surface area contributed by atoms with E-state index in [1.54, 1.807) is 30.3 Å². The number of hydrogen-bond acceptors (Lipinski definition) is 7. The maximum absolute atomic E-state index is 12.7. The van der Waals surface area contributed by atoms with Gasteiger partial charge in [0.05, 0.1) is 18.3 Å². The number of benzene rings is 3. The van der Waals surface area contributed by atoms with Crippen molar-refractivity contribution in [1.82, 2.24) is 5.43 Å². The lowest BCUT2D eigenvalue weighted by molar-refractivity contribution is -0.123. The number of methoxy groups -OCH3 is 1. The Hall–Kier alpha value is -3.88. The first-order valence-corrected chi connectivity index (χ1v) is 11.7. The van der Waals surface area contributed by atoms with E-state index in [4.69, 9.17) is 25.8 Å². The normalized spacial score (nSPS) is 10.9. The number of esters is 1. The van der Waals surface area contributed by atoms with E-state index >= 15 is 0 Å². The Labute approximate surface area is 210 Å². The fraction of sp³-hybridized carbons (Fsp3) is 0.115. The molecule has 35 heavy (non-hydrogen) atoms. The summed E-state index contributed by atoms with van der Waals surface area (Å²) >= 11 is 7.65. The summed E-state index contributed by atoms with van der Waals surface area (Å²) in [6.07, 6.45) is 1.45. The maximum Gasteiger partial charge on any atom is 0.355 e. The fourth-order valence-corrected chi connectivity index (χ4v) is 4.52. The predicted molar refractivity (Wildman–Crippen MR) is 137 cm³/mol. The van der Waals surface area contributed by atoms with E-state index in [1.807, 2.05) is 43.3 Å². The molecular formula is C26H21ClN2O5S. The van der Waals surface area contributed by atoms with Gasteiger partial charge >= 0.3 is 5.97 Å². The third kappa shape index (κ3) is 5.98. The number of rotatable bonds is 8. The lowest BCUT2D eigenvalue weighted by Crippen LogP contribution is -2.24. The van der Waals surface area contributed by atoms with Crippen LogP contribution >= 0.6 is 22.9 Å². The smallest absolute Gasteiger partial charge is 0.355 e. The van der Waals surface area contributed by atoms with Crippen molar-refractivity contribution < 1.29 is 23.8 Å². The van der Waals surface area contributed by atoms with Crippen LogP contribution in [0.2, 0.25) is 5.02 Å². The van der Waals surface area contributed by atoms with Crippen LogP contribution in [0.5, 0.6) is 17.2 Å². The zero-order valence-electron chi connectivity index (χ0n) is 18.9. The molecule has 1 N–H and O–H groups in total. The molecule has 0 spiro atoms. The Morgan fingerprint density at radius 3 is 2.57 bits per heavy atom. The highest BCUT2D eigenvalue weighted by atomic mass is 35.5. The number of carbonyl (C=O) groups is 2. The van der Waals surface area contributed by atoms with Crippen LogP contribution in [-0.2, 0) is 4.79 Å². The highest BCUT2D eigenvalue weighted by Gasteiger charge is 2.20. The van der Waals surface area contributed by atoms with Crippen molar-refractivity contribution >= 4 is 51.1 Å². The number of fused-ring (bicyclic) bond motifs is 1. The van der Waals surface area contributed by atoms with E-state index in [9.17, 15) is 9.59 Å². The van der Waals surface area contributed by atoms with Crippen molar-refractivity contribution in [2.24, 2.45) is 5.10 Å². The molecule has 0 aliphatic carbocycles. The minimum atomic E-state index is -0.572. The zero-order valence-corrected chi connectivity index (χ0v) is 20.5. The van der Waals surface area contributed by atoms with Gasteiger partial charge < -0.3 is 14.2 Å². The summed E-state index contributed by atoms with van der Waals surface area (Å²) in [5, 5.41) is 5.10. The Balaban J connectivity index is 1.37. The average Bonchev–Trinajstić information content (AvgIpc) is 3.21. The van der Waals surface area contributed by atoms with Gasteiger partial charge in [-0.1, -0.05) is 47.5 Å². The highest BCUT2D eigenvalue weighted by molar-refractivity contribution is 7.21. The summed E-state index contributed by atoms with van der Waals surface area (Å²) in [6, 6.07) is 19.8. The van der Waals surface area contributed by atoms with E-state index in [-0.39, 0.29) is 12.4 Å². The molecule has 9 heteroatoms. The van der Waals surface area contributed by atoms with Crippen LogP contribution in [0.25, 0.3) is 10.1 Å². The molecule has 0 fully saturated rings. The van der Waals surface area contributed by atoms with E-state index in [0.29, 0.717) is 27.0 Å². The van der Waals surface area contributed by atoms with Crippen LogP contribution in [0.3, 0.4) is 0 Å². The number of ether oxygens (including phenoxy) is 3. The third-order valence-corrected chi connectivity index (χ3v) is 6.56. The summed E-state index contributed by atoms with van der Waals surface area (Å²) in [7, 11) is 1.46. The fourth-order valence-electron chi connectivity index (χ4n) is 3.13. The standard InChI is InChI=1S/C26H21ClN2O5S/c1-16-7-10-18(11-8-16)33-15-23(30)29-28-14-17-9-12-20(21(13-17)32-2)34-26(31)25-24(27)19-5-3-4-6-22(19)35-25/h3-14H,15H2,1-2H3,(H,29,30). The minimum Gasteiger partial charge on any atom is -0.493 e. The number of nitrogens with one attached hydrogen (secondary N) is 1. The van der Waals surface area contributed by atoms with Gasteiger partial charge in [0, 0.05) is 10.1 Å². The van der Waals surface area contributed by atoms with E-state index in [1.165, 1.54) is 24.7 Å². The van der Waals surface area contributed by atoms with Crippen molar-refractivity contribution in [2.75, 3.05) is 13.7 Å². The van der Waals surface area contributed by atoms with Crippen LogP contribution in [0, 0.1) is 6.92 Å². The van der Waals surface area contributed by atoms with Crippen LogP contribution in [-0.4, -0.2) is 31.8 Å². The molecule has 1 heterocycles. The topological polar surface area (TPSA) is 86.2 Å². The molecule has 4 aromatic rings. The van der Waals surface area contributed by atoms with E-state index in [0.717, 1.165) is 15.6 Å². The van der Waals surface area contributed by atoms with Crippen LogP contribution in [0.15, 0.2) is 71.8 Å². The van der Waals surface area contributed by atoms with Crippen molar-refractivity contribution in [2.45, 2.75) is 6.92 Å². The molecule has 178 valence electrons. The van der Waals surface area contributed by atoms with Crippen molar-refractivity contribution in [3.05, 3.63) is 87.8 Å². The number of thiophene rings is 1. The number of nitrogens with zero attached hydrogens (tertiary/aromatic N) is 1. The van der Waals surface area contributed by atoms with E-state index in [2.05, 4.69) is 10.5 Å². The second-order valence-electron chi connectivity index (χ2n) is 7.44. The molecule has 0 aliphatic rings. The first-order valence-electron chi connectivity index (χ1n) is 10.5. The Bertz CT molecular complexity index is 1400. The van der Waals surface area contributed by atoms with Crippen LogP contribution < -0.4 is 19.6 Å². The van der Waals surface area contributed by atoms with Gasteiger partial charge in [-0.25, -0.2) is 10.2 Å². The molecule has 0 atom stereocenters. The highest BCUT2D eigenvalue weighted by Crippen LogP contribution is 2.37. The Kier molecular flexibility index (Phi) is 7.64. The largest absolute Gasteiger partial charge is 0.493 e. The molecule has 0 radical (unpaired) electrons. The lowest BCUT2D eigenvalue weighted by atomic mass is 10.2. The monoisotopic (exact) mass is 508 g/mol. The number of hydrazone groups is 1. The van der Waals surface area contributed by atoms with Gasteiger partial charge in [-0.3, -0.25) is 4.79 Å². The summed E-state index contributed by atoms with van der Waals surface area (Å²) in [4.78, 5) is 25.0. The quantitative estimate of drug-likeness (QED) is 0.144. The predicted octanol–water partition coefficient (Wildman–Crippen LogP) is 5.62. The summed E-state index contributed by atoms with van der Waals surface area (Å²) in [5.74, 6) is 0.185. The average molecular weight is 509 g/mol. The number of hydrogen-bond donors (Lipinski definition) is 1. The maximum atomic E-state index is 12.7. The second-order valence-corrected chi connectivity index (χ2v) is 8.87. The molecule has 7 nitrogen and oxygen atoms in total. The van der Waals surface area contributed by atoms with Crippen molar-refractivity contribution in [3.63, 3.8) is 0 Å². The molecule has 0 saturated carbocycles. The minimum absolute atomic E-state index is 0.168. The van der Waals surface area contributed by atoms with Gasteiger partial charge in [0.15, 0.2) is 18.1 Å². The van der Waals surface area contributed by atoms with Gasteiger partial charge in [0.25, 0.3) is 5.91 Å². The van der Waals surface area contributed by atoms with Gasteiger partial charge in [0.1, 0.15) is 10.6 Å².